The number of rotatable bonds is 4. The van der Waals surface area contributed by atoms with Crippen molar-refractivity contribution in [1.29, 1.82) is 5.26 Å². The molecule has 6 rings (SSSR count). The van der Waals surface area contributed by atoms with E-state index < -0.39 is 0 Å². The van der Waals surface area contributed by atoms with Gasteiger partial charge in [-0.2, -0.15) is 5.26 Å². The first kappa shape index (κ1) is 24.6. The number of furan rings is 1. The number of fused-ring (bicyclic) bond motifs is 3. The highest BCUT2D eigenvalue weighted by molar-refractivity contribution is 6.14. The third kappa shape index (κ3) is 4.10. The first-order chi connectivity index (χ1) is 18.9. The first-order valence-electron chi connectivity index (χ1n) is 13.4. The second-order valence-corrected chi connectivity index (χ2v) is 10.7. The smallest absolute Gasteiger partial charge is 0.216 e. The van der Waals surface area contributed by atoms with Crippen LogP contribution in [0, 0.1) is 25.2 Å². The highest BCUT2D eigenvalue weighted by Gasteiger charge is 2.24. The maximum Gasteiger partial charge on any atom is 0.216 e. The van der Waals surface area contributed by atoms with Crippen LogP contribution in [0.3, 0.4) is 0 Å². The van der Waals surface area contributed by atoms with E-state index in [0.717, 1.165) is 55.4 Å². The van der Waals surface area contributed by atoms with Crippen LogP contribution in [-0.2, 0) is 7.05 Å². The van der Waals surface area contributed by atoms with Crippen molar-refractivity contribution >= 4 is 21.9 Å². The molecule has 0 saturated carbocycles. The van der Waals surface area contributed by atoms with Crippen LogP contribution in [-0.4, -0.2) is 0 Å². The minimum atomic E-state index is 0.423. The lowest BCUT2D eigenvalue weighted by atomic mass is 9.92. The molecule has 0 saturated heterocycles. The summed E-state index contributed by atoms with van der Waals surface area (Å²) in [6.07, 6.45) is 2.13. The van der Waals surface area contributed by atoms with E-state index in [1.807, 2.05) is 18.2 Å². The normalized spacial score (nSPS) is 11.4. The Morgan fingerprint density at radius 1 is 0.744 bits per heavy atom. The molecule has 0 atom stereocenters. The summed E-state index contributed by atoms with van der Waals surface area (Å²) < 4.78 is 8.95. The molecule has 0 aliphatic rings. The molecule has 0 aliphatic heterocycles. The summed E-state index contributed by atoms with van der Waals surface area (Å²) in [6.45, 7) is 8.69. The zero-order valence-corrected chi connectivity index (χ0v) is 23.0. The van der Waals surface area contributed by atoms with Crippen LogP contribution in [0.5, 0.6) is 0 Å². The Bertz CT molecular complexity index is 1920. The number of benzene rings is 4. The molecule has 39 heavy (non-hydrogen) atoms. The van der Waals surface area contributed by atoms with Crippen LogP contribution >= 0.6 is 0 Å². The average molecular weight is 508 g/mol. The van der Waals surface area contributed by atoms with Crippen molar-refractivity contribution < 1.29 is 8.98 Å². The Hall–Kier alpha value is -4.68. The number of hydrogen-bond acceptors (Lipinski definition) is 2. The zero-order valence-electron chi connectivity index (χ0n) is 23.0. The molecule has 0 fully saturated rings. The number of nitriles is 1. The van der Waals surface area contributed by atoms with Crippen LogP contribution in [0.2, 0.25) is 0 Å². The van der Waals surface area contributed by atoms with Gasteiger partial charge in [0.2, 0.25) is 5.69 Å². The third-order valence-corrected chi connectivity index (χ3v) is 7.84. The van der Waals surface area contributed by atoms with Gasteiger partial charge in [0.1, 0.15) is 18.2 Å². The molecule has 0 N–H and O–H groups in total. The third-order valence-electron chi connectivity index (χ3n) is 7.84. The molecule has 0 spiro atoms. The van der Waals surface area contributed by atoms with Gasteiger partial charge in [-0.05, 0) is 65.3 Å². The van der Waals surface area contributed by atoms with Crippen molar-refractivity contribution in [3.63, 3.8) is 0 Å². The molecule has 0 aliphatic carbocycles. The van der Waals surface area contributed by atoms with Crippen molar-refractivity contribution in [2.24, 2.45) is 7.05 Å². The molecule has 0 amide bonds. The minimum absolute atomic E-state index is 0.423. The number of hydrogen-bond donors (Lipinski definition) is 0. The predicted molar refractivity (Wildman–Crippen MR) is 159 cm³/mol. The van der Waals surface area contributed by atoms with E-state index in [-0.39, 0.29) is 0 Å². The van der Waals surface area contributed by atoms with E-state index in [2.05, 4.69) is 118 Å². The van der Waals surface area contributed by atoms with Crippen molar-refractivity contribution in [3.8, 4) is 39.6 Å². The fourth-order valence-electron chi connectivity index (χ4n) is 5.65. The maximum absolute atomic E-state index is 10.1. The average Bonchev–Trinajstić information content (AvgIpc) is 3.31. The highest BCUT2D eigenvalue weighted by atomic mass is 16.3. The SMILES string of the molecule is Cc1cc(-c2c(C#N)ccc3c2oc2c(-c4cc(C(C)C)cc[n+]4C)c(C)ccc23)ccc1-c1ccccc1. The van der Waals surface area contributed by atoms with Crippen molar-refractivity contribution in [2.75, 3.05) is 0 Å². The molecule has 3 nitrogen and oxygen atoms in total. The maximum atomic E-state index is 10.1. The number of aromatic nitrogens is 1. The molecule has 2 aromatic heterocycles. The minimum Gasteiger partial charge on any atom is -0.454 e. The Morgan fingerprint density at radius 2 is 1.46 bits per heavy atom. The van der Waals surface area contributed by atoms with Gasteiger partial charge in [0, 0.05) is 28.5 Å². The van der Waals surface area contributed by atoms with Gasteiger partial charge in [-0.15, -0.1) is 0 Å². The van der Waals surface area contributed by atoms with Gasteiger partial charge in [0.25, 0.3) is 0 Å². The molecule has 2 heterocycles. The van der Waals surface area contributed by atoms with Crippen LogP contribution in [0.4, 0.5) is 0 Å². The van der Waals surface area contributed by atoms with Crippen LogP contribution < -0.4 is 4.57 Å². The number of nitrogens with zero attached hydrogens (tertiary/aromatic N) is 2. The summed E-state index contributed by atoms with van der Waals surface area (Å²) in [5.41, 5.74) is 12.2. The zero-order chi connectivity index (χ0) is 27.3. The lowest BCUT2D eigenvalue weighted by Crippen LogP contribution is -2.31. The van der Waals surface area contributed by atoms with Gasteiger partial charge in [0.05, 0.1) is 17.2 Å². The van der Waals surface area contributed by atoms with E-state index in [4.69, 9.17) is 4.42 Å². The molecule has 3 heteroatoms. The van der Waals surface area contributed by atoms with Crippen LogP contribution in [0.25, 0.3) is 55.4 Å². The predicted octanol–water partition coefficient (Wildman–Crippen LogP) is 9.02. The largest absolute Gasteiger partial charge is 0.454 e. The van der Waals surface area contributed by atoms with Gasteiger partial charge in [-0.25, -0.2) is 4.57 Å². The van der Waals surface area contributed by atoms with Crippen molar-refractivity contribution in [3.05, 3.63) is 113 Å². The summed E-state index contributed by atoms with van der Waals surface area (Å²) in [5.74, 6) is 0.423. The molecule has 0 unspecified atom stereocenters. The summed E-state index contributed by atoms with van der Waals surface area (Å²) in [6, 6.07) is 32.0. The van der Waals surface area contributed by atoms with E-state index >= 15 is 0 Å². The van der Waals surface area contributed by atoms with Gasteiger partial charge < -0.3 is 4.42 Å². The molecular weight excluding hydrogens is 476 g/mol. The number of aryl methyl sites for hydroxylation is 3. The monoisotopic (exact) mass is 507 g/mol. The fraction of sp³-hybridized carbons (Fsp3) is 0.167. The van der Waals surface area contributed by atoms with Crippen LogP contribution in [0.1, 0.15) is 42.0 Å². The van der Waals surface area contributed by atoms with E-state index in [1.54, 1.807) is 0 Å². The van der Waals surface area contributed by atoms with Gasteiger partial charge in [0.15, 0.2) is 6.20 Å². The Labute approximate surface area is 229 Å². The molecule has 6 aromatic rings. The van der Waals surface area contributed by atoms with Crippen molar-refractivity contribution in [2.45, 2.75) is 33.6 Å². The first-order valence-corrected chi connectivity index (χ1v) is 13.4. The number of pyridine rings is 1. The fourth-order valence-corrected chi connectivity index (χ4v) is 5.65. The topological polar surface area (TPSA) is 40.8 Å². The Balaban J connectivity index is 1.62. The molecule has 0 radical (unpaired) electrons. The molecule has 0 bridgehead atoms. The Kier molecular flexibility index (Phi) is 6.04. The van der Waals surface area contributed by atoms with Gasteiger partial charge in [-0.1, -0.05) is 74.5 Å². The van der Waals surface area contributed by atoms with E-state index in [0.29, 0.717) is 11.5 Å². The Morgan fingerprint density at radius 3 is 2.15 bits per heavy atom. The molecule has 4 aromatic carbocycles. The molecule has 190 valence electrons. The van der Waals surface area contributed by atoms with Gasteiger partial charge in [-0.3, -0.25) is 0 Å². The lowest BCUT2D eigenvalue weighted by molar-refractivity contribution is -0.660. The van der Waals surface area contributed by atoms with E-state index in [1.165, 1.54) is 16.7 Å². The molecular formula is C36H31N2O+. The van der Waals surface area contributed by atoms with Crippen LogP contribution in [0.15, 0.2) is 95.5 Å². The second kappa shape index (κ2) is 9.57. The quantitative estimate of drug-likeness (QED) is 0.223. The summed E-state index contributed by atoms with van der Waals surface area (Å²) in [7, 11) is 2.08. The highest BCUT2D eigenvalue weighted by Crippen LogP contribution is 2.42. The second-order valence-electron chi connectivity index (χ2n) is 10.7. The van der Waals surface area contributed by atoms with Gasteiger partial charge >= 0.3 is 0 Å². The lowest BCUT2D eigenvalue weighted by Gasteiger charge is -2.11. The summed E-state index contributed by atoms with van der Waals surface area (Å²) in [5, 5.41) is 12.2. The summed E-state index contributed by atoms with van der Waals surface area (Å²) in [4.78, 5) is 0. The summed E-state index contributed by atoms with van der Waals surface area (Å²) >= 11 is 0. The van der Waals surface area contributed by atoms with Crippen molar-refractivity contribution in [1.82, 2.24) is 0 Å². The standard InChI is InChI=1S/C36H31N2O/c1-22(2)26-17-18-38(5)32(20-26)33-23(3)11-14-30-31-16-13-28(21-37)34(36(31)39-35(30)33)27-12-15-29(24(4)19-27)25-9-7-6-8-10-25/h6-20,22H,1-5H3/q+1. The van der Waals surface area contributed by atoms with E-state index in [9.17, 15) is 5.26 Å².